The lowest BCUT2D eigenvalue weighted by atomic mass is 10.0. The van der Waals surface area contributed by atoms with Crippen molar-refractivity contribution in [1.29, 1.82) is 0 Å². The fraction of sp³-hybridized carbons (Fsp3) is 0.200. The van der Waals surface area contributed by atoms with Crippen molar-refractivity contribution < 1.29 is 19.7 Å². The molecule has 1 aromatic heterocycles. The molecule has 0 radical (unpaired) electrons. The lowest BCUT2D eigenvalue weighted by Gasteiger charge is -2.13. The smallest absolute Gasteiger partial charge is 0.187 e. The van der Waals surface area contributed by atoms with Gasteiger partial charge < -0.3 is 14.9 Å². The van der Waals surface area contributed by atoms with E-state index in [0.717, 1.165) is 5.57 Å². The van der Waals surface area contributed by atoms with E-state index in [0.29, 0.717) is 28.1 Å². The Labute approximate surface area is 157 Å². The molecule has 0 aliphatic carbocycles. The quantitative estimate of drug-likeness (QED) is 0.441. The summed E-state index contributed by atoms with van der Waals surface area (Å²) in [6, 6.07) is 2.92. The average molecular weight is 374 g/mol. The molecule has 0 atom stereocenters. The predicted octanol–water partition coefficient (Wildman–Crippen LogP) is 4.56. The number of phenols is 2. The summed E-state index contributed by atoms with van der Waals surface area (Å²) in [5.74, 6) is -0.262. The number of aromatic nitrogens is 1. The van der Waals surface area contributed by atoms with E-state index in [-0.39, 0.29) is 23.0 Å². The third-order valence-electron chi connectivity index (χ3n) is 3.71. The molecule has 0 saturated heterocycles. The van der Waals surface area contributed by atoms with E-state index in [1.54, 1.807) is 0 Å². The molecule has 0 saturated carbocycles. The molecule has 0 spiro atoms. The van der Waals surface area contributed by atoms with Gasteiger partial charge in [0.1, 0.15) is 17.2 Å². The largest absolute Gasteiger partial charge is 0.507 e. The van der Waals surface area contributed by atoms with Crippen LogP contribution >= 0.6 is 11.6 Å². The van der Waals surface area contributed by atoms with Crippen molar-refractivity contribution in [1.82, 2.24) is 4.98 Å². The molecule has 2 aromatic rings. The molecular formula is C20H20ClNO4. The maximum atomic E-state index is 12.3. The molecular weight excluding hydrogens is 354 g/mol. The zero-order valence-electron chi connectivity index (χ0n) is 14.8. The second kappa shape index (κ2) is 8.54. The Morgan fingerprint density at radius 2 is 2.00 bits per heavy atom. The molecule has 1 aromatic carbocycles. The molecule has 26 heavy (non-hydrogen) atoms. The Hall–Kier alpha value is -2.79. The van der Waals surface area contributed by atoms with Gasteiger partial charge in [0.25, 0.3) is 0 Å². The number of pyridine rings is 1. The number of ketones is 1. The number of nitrogens with zero attached hydrogens (tertiary/aromatic N) is 1. The van der Waals surface area contributed by atoms with Gasteiger partial charge in [0.05, 0.1) is 17.7 Å². The molecule has 136 valence electrons. The van der Waals surface area contributed by atoms with Gasteiger partial charge in [0.15, 0.2) is 5.78 Å². The molecule has 0 unspecified atom stereocenters. The molecule has 0 aliphatic rings. The minimum absolute atomic E-state index is 0.0700. The minimum Gasteiger partial charge on any atom is -0.507 e. The first-order valence-corrected chi connectivity index (χ1v) is 8.29. The van der Waals surface area contributed by atoms with Gasteiger partial charge >= 0.3 is 0 Å². The van der Waals surface area contributed by atoms with Crippen LogP contribution in [-0.2, 0) is 6.42 Å². The minimum atomic E-state index is -0.319. The highest BCUT2D eigenvalue weighted by Gasteiger charge is 2.16. The summed E-state index contributed by atoms with van der Waals surface area (Å²) in [5.41, 5.74) is 2.06. The van der Waals surface area contributed by atoms with Crippen LogP contribution in [0.3, 0.4) is 0 Å². The molecule has 5 nitrogen and oxygen atoms in total. The van der Waals surface area contributed by atoms with Crippen LogP contribution in [0.1, 0.15) is 35.3 Å². The highest BCUT2D eigenvalue weighted by atomic mass is 35.5. The maximum Gasteiger partial charge on any atom is 0.187 e. The summed E-state index contributed by atoms with van der Waals surface area (Å²) in [7, 11) is 1.42. The van der Waals surface area contributed by atoms with Crippen molar-refractivity contribution in [3.63, 3.8) is 0 Å². The number of ether oxygens (including phenoxy) is 1. The highest BCUT2D eigenvalue weighted by Crippen LogP contribution is 2.39. The summed E-state index contributed by atoms with van der Waals surface area (Å²) < 4.78 is 5.21. The van der Waals surface area contributed by atoms with Crippen LogP contribution in [0.5, 0.6) is 17.2 Å². The van der Waals surface area contributed by atoms with E-state index in [9.17, 15) is 15.0 Å². The van der Waals surface area contributed by atoms with Crippen LogP contribution in [0.2, 0.25) is 5.02 Å². The molecule has 2 N–H and O–H groups in total. The zero-order valence-corrected chi connectivity index (χ0v) is 15.5. The van der Waals surface area contributed by atoms with E-state index >= 15 is 0 Å². The van der Waals surface area contributed by atoms with Gasteiger partial charge in [-0.3, -0.25) is 9.78 Å². The Morgan fingerprint density at radius 1 is 1.27 bits per heavy atom. The lowest BCUT2D eigenvalue weighted by Crippen LogP contribution is -1.97. The first-order valence-electron chi connectivity index (χ1n) is 7.91. The molecule has 2 rings (SSSR count). The van der Waals surface area contributed by atoms with Crippen LogP contribution in [0, 0.1) is 0 Å². The maximum absolute atomic E-state index is 12.3. The van der Waals surface area contributed by atoms with Crippen LogP contribution in [0.25, 0.3) is 6.08 Å². The fourth-order valence-corrected chi connectivity index (χ4v) is 2.50. The third-order valence-corrected chi connectivity index (χ3v) is 3.92. The van der Waals surface area contributed by atoms with Crippen LogP contribution in [0.4, 0.5) is 0 Å². The van der Waals surface area contributed by atoms with Gasteiger partial charge in [-0.05, 0) is 38.5 Å². The van der Waals surface area contributed by atoms with Gasteiger partial charge in [0, 0.05) is 29.6 Å². The second-order valence-electron chi connectivity index (χ2n) is 5.91. The number of allylic oxidation sites excluding steroid dienone is 3. The molecule has 0 bridgehead atoms. The van der Waals surface area contributed by atoms with Crippen molar-refractivity contribution in [2.45, 2.75) is 20.3 Å². The topological polar surface area (TPSA) is 79.6 Å². The van der Waals surface area contributed by atoms with Crippen molar-refractivity contribution in [3.05, 3.63) is 64.0 Å². The summed E-state index contributed by atoms with van der Waals surface area (Å²) >= 11 is 5.85. The number of methoxy groups -OCH3 is 1. The molecule has 0 amide bonds. The van der Waals surface area contributed by atoms with Gasteiger partial charge in [-0.1, -0.05) is 23.3 Å². The Morgan fingerprint density at radius 3 is 2.62 bits per heavy atom. The number of halogens is 1. The summed E-state index contributed by atoms with van der Waals surface area (Å²) in [6.45, 7) is 3.85. The molecule has 0 aliphatic heterocycles. The fourth-order valence-electron chi connectivity index (χ4n) is 2.33. The van der Waals surface area contributed by atoms with E-state index in [4.69, 9.17) is 16.3 Å². The van der Waals surface area contributed by atoms with Crippen LogP contribution in [0.15, 0.2) is 42.3 Å². The normalized spacial score (nSPS) is 10.8. The number of benzene rings is 1. The van der Waals surface area contributed by atoms with E-state index in [1.165, 1.54) is 43.8 Å². The Balaban J connectivity index is 2.42. The summed E-state index contributed by atoms with van der Waals surface area (Å²) in [4.78, 5) is 16.2. The highest BCUT2D eigenvalue weighted by molar-refractivity contribution is 6.30. The van der Waals surface area contributed by atoms with Crippen molar-refractivity contribution >= 4 is 23.5 Å². The second-order valence-corrected chi connectivity index (χ2v) is 6.35. The zero-order chi connectivity index (χ0) is 19.3. The number of aromatic hydroxyl groups is 2. The summed E-state index contributed by atoms with van der Waals surface area (Å²) in [5, 5.41) is 21.1. The van der Waals surface area contributed by atoms with E-state index < -0.39 is 0 Å². The number of carbonyl (C=O) groups excluding carboxylic acids is 1. The number of hydrogen-bond acceptors (Lipinski definition) is 5. The molecule has 0 fully saturated rings. The van der Waals surface area contributed by atoms with Crippen molar-refractivity contribution in [3.8, 4) is 17.2 Å². The third kappa shape index (κ3) is 4.64. The Bertz CT molecular complexity index is 884. The summed E-state index contributed by atoms with van der Waals surface area (Å²) in [6.07, 6.45) is 7.84. The standard InChI is InChI=1S/C20H20ClNO4/c1-12(2)4-5-15-18(24)9-19(26-3)16(20(15)25)6-7-17(23)13-8-14(21)11-22-10-13/h4,6-11,24-25H,5H2,1-3H3. The average Bonchev–Trinajstić information content (AvgIpc) is 2.59. The first kappa shape index (κ1) is 19.5. The number of carbonyl (C=O) groups is 1. The SMILES string of the molecule is COc1cc(O)c(CC=C(C)C)c(O)c1C=CC(=O)c1cncc(Cl)c1. The van der Waals surface area contributed by atoms with Gasteiger partial charge in [-0.2, -0.15) is 0 Å². The molecule has 1 heterocycles. The number of phenolic OH excluding ortho intramolecular Hbond substituents is 2. The van der Waals surface area contributed by atoms with Crippen molar-refractivity contribution in [2.75, 3.05) is 7.11 Å². The first-order chi connectivity index (χ1) is 12.3. The van der Waals surface area contributed by atoms with Crippen LogP contribution in [-0.4, -0.2) is 28.1 Å². The Kier molecular flexibility index (Phi) is 6.41. The number of rotatable bonds is 6. The number of hydrogen-bond donors (Lipinski definition) is 2. The van der Waals surface area contributed by atoms with Gasteiger partial charge in [-0.25, -0.2) is 0 Å². The van der Waals surface area contributed by atoms with Gasteiger partial charge in [-0.15, -0.1) is 0 Å². The monoisotopic (exact) mass is 373 g/mol. The predicted molar refractivity (Wildman–Crippen MR) is 102 cm³/mol. The van der Waals surface area contributed by atoms with E-state index in [2.05, 4.69) is 4.98 Å². The van der Waals surface area contributed by atoms with Gasteiger partial charge in [0.2, 0.25) is 0 Å². The van der Waals surface area contributed by atoms with Crippen molar-refractivity contribution in [2.24, 2.45) is 0 Å². The van der Waals surface area contributed by atoms with E-state index in [1.807, 2.05) is 19.9 Å². The lowest BCUT2D eigenvalue weighted by molar-refractivity contribution is 0.104. The molecule has 6 heteroatoms. The van der Waals surface area contributed by atoms with Crippen LogP contribution < -0.4 is 4.74 Å².